The number of anilines is 1. The van der Waals surface area contributed by atoms with Crippen molar-refractivity contribution in [1.82, 2.24) is 15.2 Å². The van der Waals surface area contributed by atoms with Crippen LogP contribution in [0.2, 0.25) is 0 Å². The smallest absolute Gasteiger partial charge is 0.543 e. The van der Waals surface area contributed by atoms with Crippen LogP contribution in [0.4, 0.5) is 5.13 Å². The number of amides is 2. The number of carbonyl (C=O) groups excluding carboxylic acids is 3. The summed E-state index contributed by atoms with van der Waals surface area (Å²) in [6, 6.07) is -0.978. The van der Waals surface area contributed by atoms with Gasteiger partial charge in [0.1, 0.15) is 17.1 Å². The molecule has 4 N–H and O–H groups in total. The van der Waals surface area contributed by atoms with Gasteiger partial charge in [-0.15, -0.1) is 23.1 Å². The van der Waals surface area contributed by atoms with Crippen LogP contribution in [0.25, 0.3) is 0 Å². The number of nitrogens with two attached hydrogens (primary N) is 1. The molecule has 3 rings (SSSR count). The number of carboxylic acids is 1. The number of nitrogens with zero attached hydrogens (tertiary/aromatic N) is 3. The van der Waals surface area contributed by atoms with Crippen molar-refractivity contribution in [1.29, 1.82) is 0 Å². The number of hydrogen-bond acceptors (Lipinski definition) is 12. The summed E-state index contributed by atoms with van der Waals surface area (Å²) in [6.07, 6.45) is 0. The monoisotopic (exact) mass is 483 g/mol. The van der Waals surface area contributed by atoms with Gasteiger partial charge >= 0.3 is 51.4 Å². The molecule has 2 aliphatic heterocycles. The molecule has 1 fully saturated rings. The molecule has 2 atom stereocenters. The van der Waals surface area contributed by atoms with Crippen LogP contribution in [0.5, 0.6) is 0 Å². The fourth-order valence-electron chi connectivity index (χ4n) is 2.64. The summed E-state index contributed by atoms with van der Waals surface area (Å²) in [5, 5.41) is 27.1. The second kappa shape index (κ2) is 10.6. The number of nitrogens with one attached hydrogen (secondary N) is 1. The van der Waals surface area contributed by atoms with Gasteiger partial charge in [0.25, 0.3) is 11.8 Å². The van der Waals surface area contributed by atoms with Crippen molar-refractivity contribution in [2.75, 3.05) is 24.5 Å². The van der Waals surface area contributed by atoms with Crippen LogP contribution in [-0.2, 0) is 19.1 Å². The van der Waals surface area contributed by atoms with Crippen molar-refractivity contribution in [2.45, 2.75) is 11.4 Å². The topological polar surface area (TPSA) is 170 Å². The molecule has 0 bridgehead atoms. The Bertz CT molecular complexity index is 891. The summed E-state index contributed by atoms with van der Waals surface area (Å²) >= 11 is 3.51. The van der Waals surface area contributed by atoms with Gasteiger partial charge in [-0.05, 0) is 0 Å². The zero-order chi connectivity index (χ0) is 20.4. The summed E-state index contributed by atoms with van der Waals surface area (Å²) in [5.74, 6) is -2.35. The Kier molecular flexibility index (Phi) is 8.98. The number of thiazole rings is 1. The summed E-state index contributed by atoms with van der Waals surface area (Å²) in [7, 11) is 1.47. The number of carboxylic acid groups (broad SMARTS) is 1. The Hall–Kier alpha value is -0.654. The standard InChI is InChI=1S/C14H15N5O6S3.K/c1-25-4-28-6-3-26-12-8(11(21)19(12)9(6)13(22)23)17-10(20)7(18-24)5-2-27-14(15)16-5;/h2,8,12,24H,3-4H2,1H3,(H2,15,16)(H,17,20)(H,22,23);/q;+1/p-1/b18-7-;/t8-,12-;/m1./s1. The second-order valence-corrected chi connectivity index (χ2v) is 8.50. The molecule has 1 aromatic heterocycles. The number of nitrogen functional groups attached to an aromatic ring is 1. The molecule has 0 radical (unpaired) electrons. The number of methoxy groups -OCH3 is 1. The van der Waals surface area contributed by atoms with E-state index in [0.29, 0.717) is 10.7 Å². The molecular weight excluding hydrogens is 469 g/mol. The molecule has 15 heteroatoms. The first-order chi connectivity index (χ1) is 13.4. The number of carbonyl (C=O) groups is 3. The number of rotatable bonds is 7. The Morgan fingerprint density at radius 3 is 2.86 bits per heavy atom. The number of hydrogen-bond donors (Lipinski definition) is 3. The van der Waals surface area contributed by atoms with Gasteiger partial charge in [-0.25, -0.2) is 4.98 Å². The van der Waals surface area contributed by atoms with Crippen LogP contribution >= 0.6 is 34.9 Å². The number of thioether (sulfide) groups is 2. The van der Waals surface area contributed by atoms with E-state index >= 15 is 0 Å². The average molecular weight is 484 g/mol. The van der Waals surface area contributed by atoms with Gasteiger partial charge in [-0.2, -0.15) is 0 Å². The molecule has 0 saturated carbocycles. The van der Waals surface area contributed by atoms with Crippen molar-refractivity contribution >= 4 is 63.5 Å². The average Bonchev–Trinajstić information content (AvgIpc) is 3.09. The van der Waals surface area contributed by atoms with Crippen molar-refractivity contribution in [3.63, 3.8) is 0 Å². The molecule has 0 aromatic carbocycles. The first-order valence-electron chi connectivity index (χ1n) is 7.64. The molecular formula is C14H14KN5O6S3. The normalized spacial score (nSPS) is 21.2. The summed E-state index contributed by atoms with van der Waals surface area (Å²) in [5.41, 5.74) is 4.96. The zero-order valence-corrected chi connectivity index (χ0v) is 20.9. The second-order valence-electron chi connectivity index (χ2n) is 5.49. The largest absolute Gasteiger partial charge is 1.00 e. The van der Waals surface area contributed by atoms with Crippen LogP contribution < -0.4 is 67.5 Å². The van der Waals surface area contributed by atoms with Crippen molar-refractivity contribution in [2.24, 2.45) is 5.16 Å². The van der Waals surface area contributed by atoms with Gasteiger partial charge in [-0.3, -0.25) is 14.5 Å². The maximum atomic E-state index is 12.5. The van der Waals surface area contributed by atoms with Crippen molar-refractivity contribution in [3.05, 3.63) is 21.7 Å². The zero-order valence-electron chi connectivity index (χ0n) is 15.3. The predicted octanol–water partition coefficient (Wildman–Crippen LogP) is -4.39. The molecule has 2 amide bonds. The summed E-state index contributed by atoms with van der Waals surface area (Å²) in [6.45, 7) is 0. The van der Waals surface area contributed by atoms with Crippen LogP contribution in [0.3, 0.4) is 0 Å². The Morgan fingerprint density at radius 2 is 2.31 bits per heavy atom. The van der Waals surface area contributed by atoms with Gasteiger partial charge in [0, 0.05) is 23.1 Å². The van der Waals surface area contributed by atoms with Crippen LogP contribution in [-0.4, -0.2) is 68.8 Å². The van der Waals surface area contributed by atoms with Crippen LogP contribution in [0.15, 0.2) is 21.1 Å². The first-order valence-corrected chi connectivity index (χ1v) is 10.6. The van der Waals surface area contributed by atoms with E-state index in [2.05, 4.69) is 15.5 Å². The number of aromatic nitrogens is 1. The minimum atomic E-state index is -1.47. The molecule has 1 saturated heterocycles. The maximum Gasteiger partial charge on any atom is 1.00 e. The quantitative estimate of drug-likeness (QED) is 0.0859. The van der Waals surface area contributed by atoms with Crippen molar-refractivity contribution < 1.29 is 80.8 Å². The van der Waals surface area contributed by atoms with E-state index < -0.39 is 34.9 Å². The number of oxime groups is 1. The van der Waals surface area contributed by atoms with Gasteiger partial charge < -0.3 is 30.9 Å². The Balaban J connectivity index is 0.00000300. The third-order valence-corrected chi connectivity index (χ3v) is 7.02. The van der Waals surface area contributed by atoms with Gasteiger partial charge in [0.05, 0.1) is 17.6 Å². The molecule has 3 heterocycles. The van der Waals surface area contributed by atoms with Gasteiger partial charge in [0.15, 0.2) is 10.8 Å². The van der Waals surface area contributed by atoms with Crippen LogP contribution in [0, 0.1) is 0 Å². The van der Waals surface area contributed by atoms with E-state index in [1.54, 1.807) is 0 Å². The fourth-order valence-corrected chi connectivity index (χ4v) is 5.50. The Labute approximate surface area is 219 Å². The molecule has 150 valence electrons. The fraction of sp³-hybridized carbons (Fsp3) is 0.357. The number of fused-ring (bicyclic) bond motifs is 1. The minimum absolute atomic E-state index is 0. The van der Waals surface area contributed by atoms with E-state index in [-0.39, 0.29) is 73.8 Å². The van der Waals surface area contributed by atoms with Crippen molar-refractivity contribution in [3.8, 4) is 0 Å². The van der Waals surface area contributed by atoms with E-state index in [1.807, 2.05) is 0 Å². The predicted molar refractivity (Wildman–Crippen MR) is 101 cm³/mol. The van der Waals surface area contributed by atoms with Crippen LogP contribution in [0.1, 0.15) is 5.69 Å². The summed E-state index contributed by atoms with van der Waals surface area (Å²) in [4.78, 5) is 41.9. The molecule has 0 spiro atoms. The van der Waals surface area contributed by atoms with E-state index in [0.717, 1.165) is 28.0 Å². The molecule has 11 nitrogen and oxygen atoms in total. The Morgan fingerprint density at radius 1 is 1.59 bits per heavy atom. The minimum Gasteiger partial charge on any atom is -0.543 e. The SMILES string of the molecule is COCSC1=C(C(=O)[O-])N2C(=O)[C@@H](NC(=O)/C(=N\O)c3csc(N)n3)[C@H]2SC1.[K+]. The number of aliphatic carboxylic acids is 1. The van der Waals surface area contributed by atoms with Gasteiger partial charge in [0.2, 0.25) is 0 Å². The number of ether oxygens (including phenoxy) is 1. The molecule has 2 aliphatic rings. The van der Waals surface area contributed by atoms with E-state index in [1.165, 1.54) is 24.3 Å². The number of β-lactam (4-membered cyclic amide) rings is 1. The molecule has 29 heavy (non-hydrogen) atoms. The molecule has 0 unspecified atom stereocenters. The summed E-state index contributed by atoms with van der Waals surface area (Å²) < 4.78 is 4.93. The van der Waals surface area contributed by atoms with E-state index in [4.69, 9.17) is 15.7 Å². The van der Waals surface area contributed by atoms with Gasteiger partial charge in [-0.1, -0.05) is 16.9 Å². The molecule has 0 aliphatic carbocycles. The maximum absolute atomic E-state index is 12.5. The first kappa shape index (κ1) is 24.6. The molecule has 1 aromatic rings. The van der Waals surface area contributed by atoms with E-state index in [9.17, 15) is 19.5 Å². The third-order valence-electron chi connectivity index (χ3n) is 3.84. The third kappa shape index (κ3) is 4.99.